The van der Waals surface area contributed by atoms with E-state index in [9.17, 15) is 13.2 Å². The van der Waals surface area contributed by atoms with Crippen LogP contribution >= 0.6 is 0 Å². The fourth-order valence-corrected chi connectivity index (χ4v) is 5.13. The molecule has 1 N–H and O–H groups in total. The Labute approximate surface area is 157 Å². The molecule has 1 heterocycles. The lowest BCUT2D eigenvalue weighted by atomic mass is 10.1. The van der Waals surface area contributed by atoms with E-state index in [-0.39, 0.29) is 12.1 Å². The van der Waals surface area contributed by atoms with Crippen molar-refractivity contribution in [1.82, 2.24) is 9.62 Å². The first-order valence-electron chi connectivity index (χ1n) is 8.97. The van der Waals surface area contributed by atoms with Gasteiger partial charge in [0.15, 0.2) is 0 Å². The van der Waals surface area contributed by atoms with Crippen molar-refractivity contribution in [2.45, 2.75) is 70.9 Å². The molecule has 0 saturated carbocycles. The van der Waals surface area contributed by atoms with Crippen LogP contribution in [-0.2, 0) is 14.8 Å². The maximum absolute atomic E-state index is 12.8. The van der Waals surface area contributed by atoms with Gasteiger partial charge < -0.3 is 9.64 Å². The van der Waals surface area contributed by atoms with Gasteiger partial charge in [0.1, 0.15) is 5.60 Å². The van der Waals surface area contributed by atoms with Gasteiger partial charge in [-0.15, -0.1) is 0 Å². The summed E-state index contributed by atoms with van der Waals surface area (Å²) in [6, 6.07) is 3.58. The maximum atomic E-state index is 12.8. The maximum Gasteiger partial charge on any atom is 0.410 e. The van der Waals surface area contributed by atoms with Gasteiger partial charge in [0.05, 0.1) is 4.90 Å². The number of amides is 1. The SMILES string of the molecule is Cc1cc(C)c(S(=O)(=O)NC2CCN(C(=O)OC(C)(C)C)CC2)c(C)c1. The van der Waals surface area contributed by atoms with E-state index in [0.717, 1.165) is 16.7 Å². The van der Waals surface area contributed by atoms with Gasteiger partial charge in [0.25, 0.3) is 0 Å². The topological polar surface area (TPSA) is 75.7 Å². The summed E-state index contributed by atoms with van der Waals surface area (Å²) in [4.78, 5) is 14.1. The summed E-state index contributed by atoms with van der Waals surface area (Å²) in [6.07, 6.45) is 0.800. The molecule has 0 radical (unpaired) electrons. The number of aryl methyl sites for hydroxylation is 3. The molecule has 0 spiro atoms. The van der Waals surface area contributed by atoms with Gasteiger partial charge in [0.2, 0.25) is 10.0 Å². The third-order valence-corrected chi connectivity index (χ3v) is 6.17. The second-order valence-electron chi connectivity index (χ2n) is 8.09. The van der Waals surface area contributed by atoms with Gasteiger partial charge in [-0.05, 0) is 65.5 Å². The van der Waals surface area contributed by atoms with Crippen molar-refractivity contribution in [1.29, 1.82) is 0 Å². The third-order valence-electron chi connectivity index (χ3n) is 4.34. The van der Waals surface area contributed by atoms with Crippen LogP contribution in [0.15, 0.2) is 17.0 Å². The average molecular weight is 383 g/mol. The van der Waals surface area contributed by atoms with E-state index >= 15 is 0 Å². The van der Waals surface area contributed by atoms with Crippen LogP contribution in [0.3, 0.4) is 0 Å². The first-order chi connectivity index (χ1) is 11.9. The van der Waals surface area contributed by atoms with E-state index in [4.69, 9.17) is 4.74 Å². The number of sulfonamides is 1. The number of piperidine rings is 1. The minimum Gasteiger partial charge on any atom is -0.444 e. The molecule has 1 amide bonds. The van der Waals surface area contributed by atoms with Gasteiger partial charge in [-0.3, -0.25) is 0 Å². The molecule has 7 heteroatoms. The van der Waals surface area contributed by atoms with Gasteiger partial charge in [-0.2, -0.15) is 0 Å². The minimum absolute atomic E-state index is 0.182. The molecule has 1 aliphatic rings. The number of carbonyl (C=O) groups excluding carboxylic acids is 1. The summed E-state index contributed by atoms with van der Waals surface area (Å²) in [5.74, 6) is 0. The van der Waals surface area contributed by atoms with Crippen molar-refractivity contribution in [3.8, 4) is 0 Å². The number of hydrogen-bond acceptors (Lipinski definition) is 4. The van der Waals surface area contributed by atoms with Crippen molar-refractivity contribution in [2.24, 2.45) is 0 Å². The van der Waals surface area contributed by atoms with Crippen molar-refractivity contribution in [3.63, 3.8) is 0 Å². The van der Waals surface area contributed by atoms with E-state index < -0.39 is 15.6 Å². The molecule has 146 valence electrons. The Morgan fingerprint density at radius 3 is 2.08 bits per heavy atom. The Hall–Kier alpha value is -1.60. The van der Waals surface area contributed by atoms with Gasteiger partial charge in [0, 0.05) is 19.1 Å². The van der Waals surface area contributed by atoms with E-state index in [1.165, 1.54) is 0 Å². The predicted octanol–water partition coefficient (Wildman–Crippen LogP) is 3.29. The molecule has 0 bridgehead atoms. The van der Waals surface area contributed by atoms with Crippen LogP contribution in [-0.4, -0.2) is 44.1 Å². The first-order valence-corrected chi connectivity index (χ1v) is 10.5. The van der Waals surface area contributed by atoms with Crippen molar-refractivity contribution < 1.29 is 17.9 Å². The van der Waals surface area contributed by atoms with Gasteiger partial charge in [-0.1, -0.05) is 17.7 Å². The highest BCUT2D eigenvalue weighted by Gasteiger charge is 2.30. The van der Waals surface area contributed by atoms with Crippen LogP contribution in [0.2, 0.25) is 0 Å². The number of hydrogen-bond donors (Lipinski definition) is 1. The zero-order valence-electron chi connectivity index (χ0n) is 16.5. The Kier molecular flexibility index (Phi) is 6.02. The fourth-order valence-electron chi connectivity index (χ4n) is 3.38. The van der Waals surface area contributed by atoms with E-state index in [1.54, 1.807) is 4.90 Å². The van der Waals surface area contributed by atoms with Crippen LogP contribution in [0, 0.1) is 20.8 Å². The molecule has 0 unspecified atom stereocenters. The summed E-state index contributed by atoms with van der Waals surface area (Å²) in [7, 11) is -3.59. The van der Waals surface area contributed by atoms with Crippen LogP contribution in [0.5, 0.6) is 0 Å². The predicted molar refractivity (Wildman–Crippen MR) is 102 cm³/mol. The Morgan fingerprint density at radius 2 is 1.62 bits per heavy atom. The van der Waals surface area contributed by atoms with Crippen LogP contribution in [0.25, 0.3) is 0 Å². The summed E-state index contributed by atoms with van der Waals surface area (Å²) in [5.41, 5.74) is 2.02. The second-order valence-corrected chi connectivity index (χ2v) is 9.74. The third kappa shape index (κ3) is 5.20. The van der Waals surface area contributed by atoms with Gasteiger partial charge in [-0.25, -0.2) is 17.9 Å². The standard InChI is InChI=1S/C19H30N2O4S/c1-13-11-14(2)17(15(3)12-13)26(23,24)20-16-7-9-21(10-8-16)18(22)25-19(4,5)6/h11-12,16,20H,7-10H2,1-6H3. The molecule has 1 aliphatic heterocycles. The molecule has 1 saturated heterocycles. The second kappa shape index (κ2) is 7.56. The molecule has 0 aliphatic carbocycles. The molecular formula is C19H30N2O4S. The molecule has 1 aromatic rings. The van der Waals surface area contributed by atoms with Crippen molar-refractivity contribution >= 4 is 16.1 Å². The molecule has 6 nitrogen and oxygen atoms in total. The molecule has 26 heavy (non-hydrogen) atoms. The lowest BCUT2D eigenvalue weighted by Gasteiger charge is -2.33. The Bertz CT molecular complexity index is 750. The number of rotatable bonds is 3. The monoisotopic (exact) mass is 382 g/mol. The molecule has 1 fully saturated rings. The normalized spacial score (nSPS) is 16.6. The molecule has 1 aromatic carbocycles. The quantitative estimate of drug-likeness (QED) is 0.870. The lowest BCUT2D eigenvalue weighted by molar-refractivity contribution is 0.0203. The van der Waals surface area contributed by atoms with Crippen LogP contribution in [0.1, 0.15) is 50.3 Å². The van der Waals surface area contributed by atoms with Crippen LogP contribution < -0.4 is 4.72 Å². The summed E-state index contributed by atoms with van der Waals surface area (Å²) in [5, 5.41) is 0. The lowest BCUT2D eigenvalue weighted by Crippen LogP contribution is -2.47. The Balaban J connectivity index is 2.02. The number of ether oxygens (including phenoxy) is 1. The zero-order chi connectivity index (χ0) is 19.7. The highest BCUT2D eigenvalue weighted by atomic mass is 32.2. The van der Waals surface area contributed by atoms with Gasteiger partial charge >= 0.3 is 6.09 Å². The average Bonchev–Trinajstić information content (AvgIpc) is 2.43. The number of benzene rings is 1. The molecule has 2 rings (SSSR count). The molecular weight excluding hydrogens is 352 g/mol. The number of likely N-dealkylation sites (tertiary alicyclic amines) is 1. The van der Waals surface area contributed by atoms with E-state index in [2.05, 4.69) is 4.72 Å². The number of carbonyl (C=O) groups is 1. The zero-order valence-corrected chi connectivity index (χ0v) is 17.4. The number of nitrogens with zero attached hydrogens (tertiary/aromatic N) is 1. The van der Waals surface area contributed by atoms with E-state index in [1.807, 2.05) is 53.7 Å². The van der Waals surface area contributed by atoms with Crippen molar-refractivity contribution in [3.05, 3.63) is 28.8 Å². The van der Waals surface area contributed by atoms with Crippen LogP contribution in [0.4, 0.5) is 4.79 Å². The summed E-state index contributed by atoms with van der Waals surface area (Å²) < 4.78 is 33.9. The number of nitrogens with one attached hydrogen (secondary N) is 1. The molecule has 0 aromatic heterocycles. The Morgan fingerprint density at radius 1 is 1.12 bits per heavy atom. The smallest absolute Gasteiger partial charge is 0.410 e. The summed E-state index contributed by atoms with van der Waals surface area (Å²) in [6.45, 7) is 12.0. The first kappa shape index (κ1) is 20.7. The van der Waals surface area contributed by atoms with Crippen molar-refractivity contribution in [2.75, 3.05) is 13.1 Å². The largest absolute Gasteiger partial charge is 0.444 e. The highest BCUT2D eigenvalue weighted by Crippen LogP contribution is 2.23. The summed E-state index contributed by atoms with van der Waals surface area (Å²) >= 11 is 0. The van der Waals surface area contributed by atoms with E-state index in [0.29, 0.717) is 30.8 Å². The fraction of sp³-hybridized carbons (Fsp3) is 0.632. The minimum atomic E-state index is -3.59. The molecule has 0 atom stereocenters. The highest BCUT2D eigenvalue weighted by molar-refractivity contribution is 7.89.